The molecule has 0 saturated heterocycles. The van der Waals surface area contributed by atoms with Crippen molar-refractivity contribution in [1.82, 2.24) is 15.1 Å². The number of hydrogen-bond acceptors (Lipinski definition) is 3. The van der Waals surface area contributed by atoms with Gasteiger partial charge in [0.1, 0.15) is 0 Å². The van der Waals surface area contributed by atoms with Gasteiger partial charge < -0.3 is 5.32 Å². The van der Waals surface area contributed by atoms with Crippen LogP contribution in [0.2, 0.25) is 0 Å². The number of carbonyl (C=O) groups is 1. The van der Waals surface area contributed by atoms with E-state index in [0.29, 0.717) is 29.6 Å². The average molecular weight is 377 g/mol. The minimum Gasteiger partial charge on any atom is -0.350 e. The van der Waals surface area contributed by atoms with Gasteiger partial charge in [-0.3, -0.25) is 9.59 Å². The summed E-state index contributed by atoms with van der Waals surface area (Å²) >= 11 is 0. The van der Waals surface area contributed by atoms with Crippen molar-refractivity contribution in [1.29, 1.82) is 0 Å². The van der Waals surface area contributed by atoms with E-state index in [1.54, 1.807) is 12.1 Å². The molecule has 0 radical (unpaired) electrons. The normalized spacial score (nSPS) is 10.9. The summed E-state index contributed by atoms with van der Waals surface area (Å²) in [5, 5.41) is 8.51. The molecule has 1 amide bonds. The molecule has 1 aromatic heterocycles. The van der Waals surface area contributed by atoms with Crippen LogP contribution in [0.5, 0.6) is 0 Å². The summed E-state index contributed by atoms with van der Waals surface area (Å²) in [6.45, 7) is 3.21. The fourth-order valence-electron chi connectivity index (χ4n) is 3.29. The van der Waals surface area contributed by atoms with E-state index in [-0.39, 0.29) is 11.5 Å². The lowest BCUT2D eigenvalue weighted by Crippen LogP contribution is -2.31. The summed E-state index contributed by atoms with van der Waals surface area (Å²) in [5.74, 6) is -0.241. The molecular weight excluding hydrogens is 350 g/mol. The quantitative estimate of drug-likeness (QED) is 0.574. The van der Waals surface area contributed by atoms with Crippen LogP contribution in [-0.4, -0.2) is 22.2 Å². The Labute approximate surface area is 165 Å². The summed E-state index contributed by atoms with van der Waals surface area (Å²) in [6, 6.07) is 17.2. The molecule has 3 aromatic rings. The number of carbonyl (C=O) groups excluding carboxylic acids is 1. The second-order valence-electron chi connectivity index (χ2n) is 6.97. The molecule has 0 saturated carbocycles. The highest BCUT2D eigenvalue weighted by Crippen LogP contribution is 2.14. The third-order valence-electron chi connectivity index (χ3n) is 4.85. The molecule has 1 N–H and O–H groups in total. The van der Waals surface area contributed by atoms with Gasteiger partial charge in [-0.2, -0.15) is 5.10 Å². The number of aromatic nitrogens is 2. The van der Waals surface area contributed by atoms with Crippen molar-refractivity contribution in [3.63, 3.8) is 0 Å². The Kier molecular flexibility index (Phi) is 6.95. The van der Waals surface area contributed by atoms with Crippen molar-refractivity contribution in [2.75, 3.05) is 6.54 Å². The molecule has 0 atom stereocenters. The number of amides is 1. The van der Waals surface area contributed by atoms with E-state index in [9.17, 15) is 9.59 Å². The lowest BCUT2D eigenvalue weighted by atomic mass is 10.1. The smallest absolute Gasteiger partial charge is 0.274 e. The zero-order valence-corrected chi connectivity index (χ0v) is 16.4. The fourth-order valence-corrected chi connectivity index (χ4v) is 3.29. The molecule has 0 aliphatic heterocycles. The molecule has 2 aromatic carbocycles. The molecule has 3 rings (SSSR count). The third kappa shape index (κ3) is 4.85. The number of unbranched alkanes of at least 4 members (excludes halogenated alkanes) is 3. The molecule has 5 nitrogen and oxygen atoms in total. The lowest BCUT2D eigenvalue weighted by Gasteiger charge is -2.11. The van der Waals surface area contributed by atoms with Crippen LogP contribution in [0.15, 0.2) is 59.4 Å². The monoisotopic (exact) mass is 377 g/mol. The van der Waals surface area contributed by atoms with Crippen molar-refractivity contribution in [3.8, 4) is 0 Å². The molecule has 5 heteroatoms. The molecule has 0 aliphatic carbocycles. The molecular formula is C23H27N3O2. The van der Waals surface area contributed by atoms with Gasteiger partial charge in [-0.25, -0.2) is 4.68 Å². The van der Waals surface area contributed by atoms with Crippen molar-refractivity contribution < 1.29 is 4.79 Å². The maximum atomic E-state index is 12.8. The molecule has 0 fully saturated rings. The van der Waals surface area contributed by atoms with Gasteiger partial charge in [0.25, 0.3) is 11.5 Å². The lowest BCUT2D eigenvalue weighted by molar-refractivity contribution is 0.0948. The van der Waals surface area contributed by atoms with Gasteiger partial charge in [0, 0.05) is 18.5 Å². The van der Waals surface area contributed by atoms with Gasteiger partial charge in [0.15, 0.2) is 5.69 Å². The molecule has 0 unspecified atom stereocenters. The first-order chi connectivity index (χ1) is 13.7. The first-order valence-corrected chi connectivity index (χ1v) is 10.0. The third-order valence-corrected chi connectivity index (χ3v) is 4.85. The Bertz CT molecular complexity index is 980. The van der Waals surface area contributed by atoms with Gasteiger partial charge in [-0.1, -0.05) is 74.7 Å². The highest BCUT2D eigenvalue weighted by atomic mass is 16.2. The van der Waals surface area contributed by atoms with Crippen LogP contribution in [0.3, 0.4) is 0 Å². The topological polar surface area (TPSA) is 64.0 Å². The summed E-state index contributed by atoms with van der Waals surface area (Å²) in [5.41, 5.74) is 1.35. The highest BCUT2D eigenvalue weighted by molar-refractivity contribution is 6.04. The predicted molar refractivity (Wildman–Crippen MR) is 113 cm³/mol. The van der Waals surface area contributed by atoms with E-state index >= 15 is 0 Å². The Hall–Kier alpha value is -2.95. The number of nitrogens with zero attached hydrogens (tertiary/aromatic N) is 2. The van der Waals surface area contributed by atoms with Crippen LogP contribution in [0.4, 0.5) is 0 Å². The maximum absolute atomic E-state index is 12.8. The van der Waals surface area contributed by atoms with E-state index in [1.807, 2.05) is 42.5 Å². The van der Waals surface area contributed by atoms with Crippen LogP contribution in [0.1, 0.15) is 48.7 Å². The molecule has 0 spiro atoms. The summed E-state index contributed by atoms with van der Waals surface area (Å²) < 4.78 is 1.45. The Balaban J connectivity index is 1.79. The fraction of sp³-hybridized carbons (Fsp3) is 0.348. The van der Waals surface area contributed by atoms with Crippen LogP contribution in [0.25, 0.3) is 10.8 Å². The van der Waals surface area contributed by atoms with E-state index in [1.165, 1.54) is 10.2 Å². The summed E-state index contributed by atoms with van der Waals surface area (Å²) in [4.78, 5) is 25.5. The van der Waals surface area contributed by atoms with Crippen molar-refractivity contribution >= 4 is 16.7 Å². The van der Waals surface area contributed by atoms with Gasteiger partial charge >= 0.3 is 0 Å². The Morgan fingerprint density at radius 2 is 1.68 bits per heavy atom. The number of hydrogen-bond donors (Lipinski definition) is 1. The average Bonchev–Trinajstić information content (AvgIpc) is 2.73. The zero-order valence-electron chi connectivity index (χ0n) is 16.4. The largest absolute Gasteiger partial charge is 0.350 e. The van der Waals surface area contributed by atoms with Crippen molar-refractivity contribution in [2.45, 2.75) is 45.6 Å². The van der Waals surface area contributed by atoms with Crippen LogP contribution >= 0.6 is 0 Å². The minimum atomic E-state index is -0.241. The summed E-state index contributed by atoms with van der Waals surface area (Å²) in [7, 11) is 0. The SMILES string of the molecule is CCCCCCn1nc(C(=O)NCCc2ccccc2)c2ccccc2c1=O. The second-order valence-corrected chi connectivity index (χ2v) is 6.97. The van der Waals surface area contributed by atoms with Gasteiger partial charge in [-0.05, 0) is 24.5 Å². The number of benzene rings is 2. The zero-order chi connectivity index (χ0) is 19.8. The number of aryl methyl sites for hydroxylation is 1. The van der Waals surface area contributed by atoms with Crippen molar-refractivity contribution in [2.24, 2.45) is 0 Å². The summed E-state index contributed by atoms with van der Waals surface area (Å²) in [6.07, 6.45) is 4.95. The predicted octanol–water partition coefficient (Wildman–Crippen LogP) is 3.95. The van der Waals surface area contributed by atoms with Gasteiger partial charge in [0.05, 0.1) is 5.39 Å². The van der Waals surface area contributed by atoms with E-state index < -0.39 is 0 Å². The molecule has 146 valence electrons. The number of rotatable bonds is 9. The Morgan fingerprint density at radius 1 is 0.964 bits per heavy atom. The maximum Gasteiger partial charge on any atom is 0.274 e. The standard InChI is InChI=1S/C23H27N3O2/c1-2-3-4-10-17-26-23(28)20-14-9-8-13-19(20)21(25-26)22(27)24-16-15-18-11-6-5-7-12-18/h5-9,11-14H,2-4,10,15-17H2,1H3,(H,24,27). The number of fused-ring (bicyclic) bond motifs is 1. The van der Waals surface area contributed by atoms with Gasteiger partial charge in [-0.15, -0.1) is 0 Å². The first kappa shape index (κ1) is 19.8. The van der Waals surface area contributed by atoms with Crippen molar-refractivity contribution in [3.05, 3.63) is 76.2 Å². The van der Waals surface area contributed by atoms with Crippen LogP contribution in [-0.2, 0) is 13.0 Å². The highest BCUT2D eigenvalue weighted by Gasteiger charge is 2.16. The molecule has 0 aliphatic rings. The van der Waals surface area contributed by atoms with E-state index in [4.69, 9.17) is 0 Å². The molecule has 28 heavy (non-hydrogen) atoms. The second kappa shape index (κ2) is 9.83. The first-order valence-electron chi connectivity index (χ1n) is 10.0. The molecule has 0 bridgehead atoms. The van der Waals surface area contributed by atoms with E-state index in [2.05, 4.69) is 17.3 Å². The minimum absolute atomic E-state index is 0.132. The Morgan fingerprint density at radius 3 is 2.43 bits per heavy atom. The van der Waals surface area contributed by atoms with Crippen LogP contribution in [0, 0.1) is 0 Å². The van der Waals surface area contributed by atoms with Crippen LogP contribution < -0.4 is 10.9 Å². The molecule has 1 heterocycles. The van der Waals surface area contributed by atoms with E-state index in [0.717, 1.165) is 32.1 Å². The number of nitrogens with one attached hydrogen (secondary N) is 1. The van der Waals surface area contributed by atoms with Gasteiger partial charge in [0.2, 0.25) is 0 Å².